The number of sulfonamides is 1. The highest BCUT2D eigenvalue weighted by Crippen LogP contribution is 2.28. The van der Waals surface area contributed by atoms with Gasteiger partial charge in [-0.1, -0.05) is 17.7 Å². The summed E-state index contributed by atoms with van der Waals surface area (Å²) in [6.07, 6.45) is 0. The van der Waals surface area contributed by atoms with Crippen LogP contribution in [-0.4, -0.2) is 57.3 Å². The number of carbonyl (C=O) groups is 2. The van der Waals surface area contributed by atoms with E-state index in [2.05, 4.69) is 0 Å². The van der Waals surface area contributed by atoms with Crippen molar-refractivity contribution in [3.63, 3.8) is 0 Å². The summed E-state index contributed by atoms with van der Waals surface area (Å²) in [5, 5.41) is -0.0238. The molecule has 0 aliphatic carbocycles. The molecule has 10 heteroatoms. The molecule has 1 heterocycles. The molecule has 0 spiro atoms. The van der Waals surface area contributed by atoms with Gasteiger partial charge in [0.15, 0.2) is 6.61 Å². The van der Waals surface area contributed by atoms with E-state index in [9.17, 15) is 22.4 Å². The smallest absolute Gasteiger partial charge is 0.338 e. The van der Waals surface area contributed by atoms with Crippen LogP contribution in [0.1, 0.15) is 37.4 Å². The number of aryl methyl sites for hydroxylation is 3. The van der Waals surface area contributed by atoms with Crippen molar-refractivity contribution in [1.82, 2.24) is 4.31 Å². The van der Waals surface area contributed by atoms with Gasteiger partial charge in [-0.2, -0.15) is 4.31 Å². The first-order chi connectivity index (χ1) is 18.0. The second kappa shape index (κ2) is 11.2. The van der Waals surface area contributed by atoms with Gasteiger partial charge in [-0.05, 0) is 86.0 Å². The quantitative estimate of drug-likeness (QED) is 0.301. The summed E-state index contributed by atoms with van der Waals surface area (Å²) in [6.45, 7) is 6.39. The lowest BCUT2D eigenvalue weighted by Gasteiger charge is -2.35. The molecule has 1 fully saturated rings. The molecule has 3 aromatic rings. The number of halogens is 2. The highest BCUT2D eigenvalue weighted by Gasteiger charge is 2.31. The fourth-order valence-corrected chi connectivity index (χ4v) is 6.28. The van der Waals surface area contributed by atoms with E-state index in [4.69, 9.17) is 16.3 Å². The molecule has 0 atom stereocenters. The lowest BCUT2D eigenvalue weighted by Crippen LogP contribution is -2.48. The van der Waals surface area contributed by atoms with E-state index in [1.54, 1.807) is 18.2 Å². The summed E-state index contributed by atoms with van der Waals surface area (Å²) in [5.74, 6) is -1.51. The zero-order valence-electron chi connectivity index (χ0n) is 21.3. The Balaban J connectivity index is 1.44. The summed E-state index contributed by atoms with van der Waals surface area (Å²) < 4.78 is 46.5. The van der Waals surface area contributed by atoms with E-state index in [-0.39, 0.29) is 40.2 Å². The maximum atomic E-state index is 13.4. The summed E-state index contributed by atoms with van der Waals surface area (Å²) in [4.78, 5) is 27.2. The zero-order valence-corrected chi connectivity index (χ0v) is 22.9. The van der Waals surface area contributed by atoms with Gasteiger partial charge in [-0.15, -0.1) is 0 Å². The molecule has 0 amide bonds. The maximum absolute atomic E-state index is 13.4. The van der Waals surface area contributed by atoms with Crippen LogP contribution in [-0.2, 0) is 14.8 Å². The van der Waals surface area contributed by atoms with Gasteiger partial charge in [0.1, 0.15) is 10.7 Å². The predicted octanol–water partition coefficient (Wildman–Crippen LogP) is 4.95. The van der Waals surface area contributed by atoms with E-state index in [0.717, 1.165) is 22.4 Å². The third-order valence-corrected chi connectivity index (χ3v) is 9.07. The molecule has 38 heavy (non-hydrogen) atoms. The number of benzene rings is 3. The van der Waals surface area contributed by atoms with Crippen molar-refractivity contribution in [1.29, 1.82) is 0 Å². The van der Waals surface area contributed by atoms with Crippen molar-refractivity contribution in [2.75, 3.05) is 37.7 Å². The second-order valence-electron chi connectivity index (χ2n) is 9.26. The van der Waals surface area contributed by atoms with Crippen LogP contribution in [0.2, 0.25) is 5.02 Å². The molecular formula is C28H28ClFN2O5S. The minimum atomic E-state index is -4.01. The van der Waals surface area contributed by atoms with Gasteiger partial charge in [0.2, 0.25) is 15.8 Å². The zero-order chi connectivity index (χ0) is 27.6. The number of carbonyl (C=O) groups excluding carboxylic acids is 2. The molecule has 200 valence electrons. The van der Waals surface area contributed by atoms with Gasteiger partial charge in [-0.25, -0.2) is 17.6 Å². The summed E-state index contributed by atoms with van der Waals surface area (Å²) >= 11 is 6.24. The topological polar surface area (TPSA) is 84.0 Å². The van der Waals surface area contributed by atoms with Crippen LogP contribution in [0.4, 0.5) is 10.1 Å². The van der Waals surface area contributed by atoms with Crippen molar-refractivity contribution < 1.29 is 27.1 Å². The largest absolute Gasteiger partial charge is 0.454 e. The highest BCUT2D eigenvalue weighted by molar-refractivity contribution is 7.89. The van der Waals surface area contributed by atoms with Crippen LogP contribution >= 0.6 is 11.6 Å². The second-order valence-corrected chi connectivity index (χ2v) is 11.6. The molecule has 0 unspecified atom stereocenters. The Labute approximate surface area is 226 Å². The van der Waals surface area contributed by atoms with Crippen molar-refractivity contribution in [3.8, 4) is 0 Å². The monoisotopic (exact) mass is 558 g/mol. The maximum Gasteiger partial charge on any atom is 0.338 e. The molecule has 7 nitrogen and oxygen atoms in total. The van der Waals surface area contributed by atoms with Crippen LogP contribution in [0.5, 0.6) is 0 Å². The average Bonchev–Trinajstić information content (AvgIpc) is 2.90. The van der Waals surface area contributed by atoms with Crippen LogP contribution < -0.4 is 4.90 Å². The van der Waals surface area contributed by atoms with E-state index in [1.807, 2.05) is 31.7 Å². The Morgan fingerprint density at radius 1 is 0.895 bits per heavy atom. The fraction of sp³-hybridized carbons (Fsp3) is 0.286. The standard InChI is InChI=1S/C28H28ClFN2O5S/c1-18-14-20(3)24(15-19(18)2)26(33)17-37-28(34)21-4-9-25(29)27(16-21)38(35,36)32-12-10-31(11-13-32)23-7-5-22(30)6-8-23/h4-9,14-16H,10-13,17H2,1-3H3. The number of piperazine rings is 1. The van der Waals surface area contributed by atoms with Gasteiger partial charge >= 0.3 is 5.97 Å². The van der Waals surface area contributed by atoms with Gasteiger partial charge in [0, 0.05) is 37.4 Å². The van der Waals surface area contributed by atoms with Crippen molar-refractivity contribution in [3.05, 3.63) is 93.3 Å². The minimum absolute atomic E-state index is 0.0238. The highest BCUT2D eigenvalue weighted by atomic mass is 35.5. The molecule has 0 saturated carbocycles. The molecule has 4 rings (SSSR count). The van der Waals surface area contributed by atoms with Crippen LogP contribution in [0.3, 0.4) is 0 Å². The third-order valence-electron chi connectivity index (χ3n) is 6.69. The first-order valence-corrected chi connectivity index (χ1v) is 13.9. The number of esters is 1. The predicted molar refractivity (Wildman–Crippen MR) is 144 cm³/mol. The Kier molecular flexibility index (Phi) is 8.20. The van der Waals surface area contributed by atoms with Gasteiger partial charge in [0.05, 0.1) is 10.6 Å². The van der Waals surface area contributed by atoms with Crippen LogP contribution in [0.15, 0.2) is 59.5 Å². The number of anilines is 1. The number of hydrogen-bond acceptors (Lipinski definition) is 6. The average molecular weight is 559 g/mol. The fourth-order valence-electron chi connectivity index (χ4n) is 4.36. The SMILES string of the molecule is Cc1cc(C)c(C(=O)COC(=O)c2ccc(Cl)c(S(=O)(=O)N3CCN(c4ccc(F)cc4)CC3)c2)cc1C. The normalized spacial score (nSPS) is 14.4. The number of rotatable bonds is 7. The Hall–Kier alpha value is -3.27. The molecular weight excluding hydrogens is 531 g/mol. The Morgan fingerprint density at radius 2 is 1.53 bits per heavy atom. The minimum Gasteiger partial charge on any atom is -0.454 e. The van der Waals surface area contributed by atoms with Gasteiger partial charge in [-0.3, -0.25) is 4.79 Å². The molecule has 0 radical (unpaired) electrons. The first-order valence-electron chi connectivity index (χ1n) is 12.1. The van der Waals surface area contributed by atoms with E-state index >= 15 is 0 Å². The van der Waals surface area contributed by atoms with E-state index in [0.29, 0.717) is 18.7 Å². The van der Waals surface area contributed by atoms with E-state index in [1.165, 1.54) is 34.6 Å². The lowest BCUT2D eigenvalue weighted by molar-refractivity contribution is 0.0474. The summed E-state index contributed by atoms with van der Waals surface area (Å²) in [5.41, 5.74) is 4.05. The van der Waals surface area contributed by atoms with Crippen LogP contribution in [0.25, 0.3) is 0 Å². The Morgan fingerprint density at radius 3 is 2.18 bits per heavy atom. The number of nitrogens with zero attached hydrogens (tertiary/aromatic N) is 2. The molecule has 1 aliphatic heterocycles. The molecule has 1 saturated heterocycles. The number of ether oxygens (including phenoxy) is 1. The van der Waals surface area contributed by atoms with Crippen molar-refractivity contribution in [2.45, 2.75) is 25.7 Å². The van der Waals surface area contributed by atoms with Crippen molar-refractivity contribution >= 4 is 39.1 Å². The van der Waals surface area contributed by atoms with E-state index < -0.39 is 22.6 Å². The molecule has 0 aromatic heterocycles. The number of Topliss-reactive ketones (excluding diaryl/α,β-unsaturated/α-hetero) is 1. The molecule has 1 aliphatic rings. The lowest BCUT2D eigenvalue weighted by atomic mass is 9.98. The number of hydrogen-bond donors (Lipinski definition) is 0. The first kappa shape index (κ1) is 27.8. The number of ketones is 1. The van der Waals surface area contributed by atoms with Crippen molar-refractivity contribution in [2.24, 2.45) is 0 Å². The molecule has 0 bridgehead atoms. The molecule has 0 N–H and O–H groups in total. The third kappa shape index (κ3) is 5.90. The Bertz CT molecular complexity index is 1480. The van der Waals surface area contributed by atoms with Gasteiger partial charge in [0.25, 0.3) is 0 Å². The van der Waals surface area contributed by atoms with Gasteiger partial charge < -0.3 is 9.64 Å². The summed E-state index contributed by atoms with van der Waals surface area (Å²) in [7, 11) is -4.01. The molecule has 3 aromatic carbocycles. The summed E-state index contributed by atoms with van der Waals surface area (Å²) in [6, 6.07) is 13.6. The van der Waals surface area contributed by atoms with Crippen LogP contribution in [0, 0.1) is 26.6 Å².